The summed E-state index contributed by atoms with van der Waals surface area (Å²) >= 11 is 0. The normalized spacial score (nSPS) is 16.9. The quantitative estimate of drug-likeness (QED) is 0.137. The van der Waals surface area contributed by atoms with Crippen molar-refractivity contribution in [3.05, 3.63) is 175 Å². The molecule has 2 atom stereocenters. The molecule has 7 aromatic carbocycles. The van der Waals surface area contributed by atoms with E-state index in [4.69, 9.17) is 0 Å². The molecule has 0 fully saturated rings. The van der Waals surface area contributed by atoms with Crippen LogP contribution in [0.3, 0.4) is 0 Å². The predicted octanol–water partition coefficient (Wildman–Crippen LogP) is 13.4. The van der Waals surface area contributed by atoms with Gasteiger partial charge in [-0.05, 0) is 119 Å². The Bertz CT molecular complexity index is 2670. The zero-order valence-electron chi connectivity index (χ0n) is 29.8. The van der Waals surface area contributed by atoms with E-state index in [0.717, 1.165) is 12.0 Å². The molecule has 0 saturated carbocycles. The first kappa shape index (κ1) is 30.8. The Balaban J connectivity index is 1.20. The van der Waals surface area contributed by atoms with Crippen LogP contribution in [0.4, 0.5) is 11.4 Å². The summed E-state index contributed by atoms with van der Waals surface area (Å²) in [6.45, 7) is 6.92. The highest BCUT2D eigenvalue weighted by Gasteiger charge is 2.36. The van der Waals surface area contributed by atoms with E-state index >= 15 is 0 Å². The summed E-state index contributed by atoms with van der Waals surface area (Å²) in [7, 11) is 0. The van der Waals surface area contributed by atoms with Crippen LogP contribution in [0.1, 0.15) is 44.2 Å². The lowest BCUT2D eigenvalue weighted by Gasteiger charge is -2.28. The SMILES string of the molecule is CC(C)(C)c1cc2ccc3c(-c4ccc(-c5cccnc5)cc4)cc(-c4cccc(N5c6ccccc6C6C=CCC=CC65)c4)c4ccc(c1)c2c34. The van der Waals surface area contributed by atoms with Gasteiger partial charge >= 0.3 is 0 Å². The van der Waals surface area contributed by atoms with Crippen LogP contribution in [-0.4, -0.2) is 11.0 Å². The van der Waals surface area contributed by atoms with Crippen molar-refractivity contribution >= 4 is 43.7 Å². The molecule has 1 aliphatic heterocycles. The maximum atomic E-state index is 4.36. The van der Waals surface area contributed by atoms with Gasteiger partial charge in [-0.15, -0.1) is 0 Å². The Hall–Kier alpha value is -5.99. The first-order chi connectivity index (χ1) is 25.4. The summed E-state index contributed by atoms with van der Waals surface area (Å²) in [5.74, 6) is 0.340. The van der Waals surface area contributed by atoms with Crippen molar-refractivity contribution in [1.82, 2.24) is 4.98 Å². The van der Waals surface area contributed by atoms with Gasteiger partial charge in [-0.1, -0.05) is 142 Å². The Morgan fingerprint density at radius 3 is 2.06 bits per heavy atom. The van der Waals surface area contributed by atoms with Gasteiger partial charge in [-0.25, -0.2) is 0 Å². The second-order valence-electron chi connectivity index (χ2n) is 15.5. The van der Waals surface area contributed by atoms with Gasteiger partial charge in [0, 0.05) is 29.7 Å². The molecule has 1 aromatic heterocycles. The lowest BCUT2D eigenvalue weighted by Crippen LogP contribution is -2.27. The Morgan fingerprint density at radius 2 is 1.31 bits per heavy atom. The molecule has 250 valence electrons. The van der Waals surface area contributed by atoms with E-state index in [0.29, 0.717) is 5.92 Å². The average Bonchev–Trinajstić information content (AvgIpc) is 3.29. The number of hydrogen-bond acceptors (Lipinski definition) is 2. The fourth-order valence-electron chi connectivity index (χ4n) is 8.78. The fraction of sp³-hybridized carbons (Fsp3) is 0.140. The molecule has 2 nitrogen and oxygen atoms in total. The van der Waals surface area contributed by atoms with Crippen LogP contribution in [0, 0.1) is 0 Å². The second-order valence-corrected chi connectivity index (χ2v) is 15.5. The summed E-state index contributed by atoms with van der Waals surface area (Å²) in [5.41, 5.74) is 12.6. The van der Waals surface area contributed by atoms with E-state index < -0.39 is 0 Å². The van der Waals surface area contributed by atoms with Crippen molar-refractivity contribution in [2.24, 2.45) is 0 Å². The molecule has 0 amide bonds. The number of pyridine rings is 1. The average molecular weight is 669 g/mol. The molecule has 2 heteroatoms. The van der Waals surface area contributed by atoms with Gasteiger partial charge in [0.05, 0.1) is 6.04 Å². The third-order valence-corrected chi connectivity index (χ3v) is 11.4. The van der Waals surface area contributed by atoms with Crippen LogP contribution < -0.4 is 4.90 Å². The monoisotopic (exact) mass is 668 g/mol. The number of benzene rings is 7. The van der Waals surface area contributed by atoms with Gasteiger partial charge in [0.2, 0.25) is 0 Å². The summed E-state index contributed by atoms with van der Waals surface area (Å²) in [6.07, 6.45) is 14.2. The van der Waals surface area contributed by atoms with Crippen LogP contribution in [0.25, 0.3) is 65.7 Å². The molecular weight excluding hydrogens is 629 g/mol. The summed E-state index contributed by atoms with van der Waals surface area (Å²) < 4.78 is 0. The molecular formula is C50H40N2. The largest absolute Gasteiger partial charge is 0.333 e. The molecule has 2 heterocycles. The topological polar surface area (TPSA) is 16.1 Å². The van der Waals surface area contributed by atoms with Crippen molar-refractivity contribution < 1.29 is 0 Å². The number of hydrogen-bond donors (Lipinski definition) is 0. The standard InChI is InChI=1S/C50H40N2/c1-50(2,3)38-27-35-22-24-42-44(33-20-18-32(19-21-33)37-12-10-26-51-31-37)30-45(43-25-23-36(28-38)48(35)49(42)43)34-11-9-13-39(29-34)52-46-16-6-4-5-14-40(46)41-15-7-8-17-47(41)52/h5-31,40,46H,4H2,1-3H3. The first-order valence-corrected chi connectivity index (χ1v) is 18.5. The number of para-hydroxylation sites is 1. The third kappa shape index (κ3) is 4.89. The van der Waals surface area contributed by atoms with Crippen molar-refractivity contribution in [2.75, 3.05) is 4.90 Å². The van der Waals surface area contributed by atoms with Crippen LogP contribution in [0.15, 0.2) is 164 Å². The van der Waals surface area contributed by atoms with E-state index in [1.54, 1.807) is 0 Å². The molecule has 10 rings (SSSR count). The maximum absolute atomic E-state index is 4.36. The van der Waals surface area contributed by atoms with Gasteiger partial charge in [-0.3, -0.25) is 4.98 Å². The fourth-order valence-corrected chi connectivity index (χ4v) is 8.78. The highest BCUT2D eigenvalue weighted by molar-refractivity contribution is 6.28. The van der Waals surface area contributed by atoms with Crippen LogP contribution >= 0.6 is 0 Å². The van der Waals surface area contributed by atoms with E-state index in [1.165, 1.54) is 82.6 Å². The zero-order chi connectivity index (χ0) is 35.0. The van der Waals surface area contributed by atoms with Crippen molar-refractivity contribution in [3.8, 4) is 33.4 Å². The van der Waals surface area contributed by atoms with Crippen LogP contribution in [-0.2, 0) is 5.41 Å². The summed E-state index contributed by atoms with van der Waals surface area (Å²) in [4.78, 5) is 6.91. The molecule has 52 heavy (non-hydrogen) atoms. The predicted molar refractivity (Wildman–Crippen MR) is 221 cm³/mol. The van der Waals surface area contributed by atoms with Crippen LogP contribution in [0.5, 0.6) is 0 Å². The second kappa shape index (κ2) is 11.8. The molecule has 0 bridgehead atoms. The van der Waals surface area contributed by atoms with Crippen LogP contribution in [0.2, 0.25) is 0 Å². The van der Waals surface area contributed by atoms with E-state index in [-0.39, 0.29) is 11.5 Å². The van der Waals surface area contributed by atoms with Crippen molar-refractivity contribution in [2.45, 2.75) is 44.6 Å². The first-order valence-electron chi connectivity index (χ1n) is 18.5. The molecule has 0 N–H and O–H groups in total. The highest BCUT2D eigenvalue weighted by Crippen LogP contribution is 2.49. The molecule has 0 spiro atoms. The Morgan fingerprint density at radius 1 is 0.596 bits per heavy atom. The number of nitrogens with zero attached hydrogens (tertiary/aromatic N) is 2. The van der Waals surface area contributed by atoms with Gasteiger partial charge < -0.3 is 4.90 Å². The van der Waals surface area contributed by atoms with E-state index in [1.807, 2.05) is 18.5 Å². The molecule has 2 aliphatic rings. The van der Waals surface area contributed by atoms with Crippen molar-refractivity contribution in [3.63, 3.8) is 0 Å². The summed E-state index contributed by atoms with van der Waals surface area (Å²) in [5, 5.41) is 7.88. The molecule has 0 radical (unpaired) electrons. The number of aromatic nitrogens is 1. The number of fused-ring (bicyclic) bond motifs is 3. The van der Waals surface area contributed by atoms with Gasteiger partial charge in [-0.2, -0.15) is 0 Å². The van der Waals surface area contributed by atoms with E-state index in [2.05, 4.69) is 176 Å². The smallest absolute Gasteiger partial charge is 0.0626 e. The molecule has 0 saturated heterocycles. The third-order valence-electron chi connectivity index (χ3n) is 11.4. The van der Waals surface area contributed by atoms with Gasteiger partial charge in [0.15, 0.2) is 0 Å². The molecule has 8 aromatic rings. The van der Waals surface area contributed by atoms with E-state index in [9.17, 15) is 0 Å². The molecule has 1 aliphatic carbocycles. The zero-order valence-corrected chi connectivity index (χ0v) is 29.8. The lowest BCUT2D eigenvalue weighted by molar-refractivity contribution is 0.591. The molecule has 2 unspecified atom stereocenters. The lowest BCUT2D eigenvalue weighted by atomic mass is 9.81. The Labute approximate surface area is 305 Å². The Kier molecular flexibility index (Phi) is 6.98. The highest BCUT2D eigenvalue weighted by atomic mass is 15.2. The van der Waals surface area contributed by atoms with Gasteiger partial charge in [0.1, 0.15) is 0 Å². The number of anilines is 2. The minimum atomic E-state index is 0.0623. The summed E-state index contributed by atoms with van der Waals surface area (Å²) in [6, 6.07) is 48.2. The number of allylic oxidation sites excluding steroid dienone is 2. The maximum Gasteiger partial charge on any atom is 0.0626 e. The van der Waals surface area contributed by atoms with Crippen molar-refractivity contribution in [1.29, 1.82) is 0 Å². The minimum absolute atomic E-state index is 0.0623. The minimum Gasteiger partial charge on any atom is -0.333 e. The van der Waals surface area contributed by atoms with Gasteiger partial charge in [0.25, 0.3) is 0 Å². The number of rotatable bonds is 4.